The molecule has 0 saturated heterocycles. The van der Waals surface area contributed by atoms with Crippen molar-refractivity contribution >= 4 is 17.6 Å². The number of nitrogens with one attached hydrogen (secondary N) is 1. The van der Waals surface area contributed by atoms with Crippen LogP contribution in [-0.2, 0) is 6.54 Å². The molecule has 0 aliphatic carbocycles. The number of anilines is 1. The van der Waals surface area contributed by atoms with E-state index in [0.29, 0.717) is 12.2 Å². The van der Waals surface area contributed by atoms with Crippen molar-refractivity contribution in [3.8, 4) is 0 Å². The largest absolute Gasteiger partial charge is 0.478 e. The van der Waals surface area contributed by atoms with Gasteiger partial charge in [0.25, 0.3) is 5.91 Å². The highest BCUT2D eigenvalue weighted by atomic mass is 19.1. The Balaban J connectivity index is 2.32. The minimum atomic E-state index is -1.23. The van der Waals surface area contributed by atoms with Crippen LogP contribution in [0.4, 0.5) is 10.1 Å². The lowest BCUT2D eigenvalue weighted by Gasteiger charge is -2.10. The molecule has 1 amide bonds. The van der Waals surface area contributed by atoms with E-state index in [-0.39, 0.29) is 11.3 Å². The van der Waals surface area contributed by atoms with Crippen molar-refractivity contribution in [3.63, 3.8) is 0 Å². The molecule has 0 aliphatic heterocycles. The van der Waals surface area contributed by atoms with Gasteiger partial charge in [0.1, 0.15) is 11.5 Å². The van der Waals surface area contributed by atoms with Gasteiger partial charge in [0, 0.05) is 12.7 Å². The summed E-state index contributed by atoms with van der Waals surface area (Å²) in [5, 5.41) is 11.5. The van der Waals surface area contributed by atoms with Crippen LogP contribution in [0.5, 0.6) is 0 Å². The molecule has 0 saturated carbocycles. The molecular weight excluding hydrogens is 263 g/mol. The zero-order valence-electron chi connectivity index (χ0n) is 10.8. The predicted octanol–water partition coefficient (Wildman–Crippen LogP) is 2.60. The van der Waals surface area contributed by atoms with Gasteiger partial charge in [-0.2, -0.15) is 0 Å². The van der Waals surface area contributed by atoms with E-state index in [1.54, 1.807) is 22.9 Å². The van der Waals surface area contributed by atoms with Gasteiger partial charge in [0.15, 0.2) is 0 Å². The number of hydrogen-bond acceptors (Lipinski definition) is 2. The molecule has 2 N–H and O–H groups in total. The van der Waals surface area contributed by atoms with E-state index < -0.39 is 17.7 Å². The minimum absolute atomic E-state index is 0.0636. The summed E-state index contributed by atoms with van der Waals surface area (Å²) in [5.74, 6) is -2.33. The van der Waals surface area contributed by atoms with Gasteiger partial charge in [-0.15, -0.1) is 0 Å². The zero-order chi connectivity index (χ0) is 14.7. The van der Waals surface area contributed by atoms with Crippen LogP contribution >= 0.6 is 0 Å². The molecule has 0 fully saturated rings. The molecule has 2 aromatic rings. The average molecular weight is 276 g/mol. The SMILES string of the molecule is CCn1cccc1C(=O)Nc1cc(F)ccc1C(=O)O. The molecule has 0 radical (unpaired) electrons. The lowest BCUT2D eigenvalue weighted by atomic mass is 10.1. The Morgan fingerprint density at radius 1 is 1.35 bits per heavy atom. The number of aryl methyl sites for hydroxylation is 1. The Morgan fingerprint density at radius 3 is 2.75 bits per heavy atom. The maximum Gasteiger partial charge on any atom is 0.337 e. The average Bonchev–Trinajstić information content (AvgIpc) is 2.86. The van der Waals surface area contributed by atoms with Gasteiger partial charge in [-0.1, -0.05) is 0 Å². The molecule has 5 nitrogen and oxygen atoms in total. The predicted molar refractivity (Wildman–Crippen MR) is 71.4 cm³/mol. The van der Waals surface area contributed by atoms with Crippen molar-refractivity contribution in [2.75, 3.05) is 5.32 Å². The topological polar surface area (TPSA) is 71.3 Å². The molecule has 20 heavy (non-hydrogen) atoms. The van der Waals surface area contributed by atoms with Crippen molar-refractivity contribution in [1.82, 2.24) is 4.57 Å². The first-order valence-corrected chi connectivity index (χ1v) is 6.02. The number of halogens is 1. The van der Waals surface area contributed by atoms with Crippen LogP contribution in [0.2, 0.25) is 0 Å². The van der Waals surface area contributed by atoms with Crippen molar-refractivity contribution in [2.45, 2.75) is 13.5 Å². The fraction of sp³-hybridized carbons (Fsp3) is 0.143. The molecule has 2 rings (SSSR count). The molecule has 1 heterocycles. The Bertz CT molecular complexity index is 664. The van der Waals surface area contributed by atoms with E-state index in [0.717, 1.165) is 18.2 Å². The minimum Gasteiger partial charge on any atom is -0.478 e. The number of nitrogens with zero attached hydrogens (tertiary/aromatic N) is 1. The Labute approximate surface area is 114 Å². The molecule has 1 aromatic heterocycles. The second-order valence-corrected chi connectivity index (χ2v) is 4.13. The Morgan fingerprint density at radius 2 is 2.10 bits per heavy atom. The highest BCUT2D eigenvalue weighted by Crippen LogP contribution is 2.18. The molecule has 0 unspecified atom stereocenters. The van der Waals surface area contributed by atoms with E-state index in [2.05, 4.69) is 5.32 Å². The van der Waals surface area contributed by atoms with Gasteiger partial charge in [-0.05, 0) is 37.3 Å². The van der Waals surface area contributed by atoms with E-state index in [4.69, 9.17) is 5.11 Å². The maximum absolute atomic E-state index is 13.2. The van der Waals surface area contributed by atoms with E-state index in [1.165, 1.54) is 0 Å². The summed E-state index contributed by atoms with van der Waals surface area (Å²) in [4.78, 5) is 23.1. The monoisotopic (exact) mass is 276 g/mol. The normalized spacial score (nSPS) is 10.3. The molecule has 6 heteroatoms. The molecule has 0 bridgehead atoms. The number of benzene rings is 1. The Hall–Kier alpha value is -2.63. The van der Waals surface area contributed by atoms with Gasteiger partial charge in [0.2, 0.25) is 0 Å². The number of carbonyl (C=O) groups excluding carboxylic acids is 1. The third-order valence-electron chi connectivity index (χ3n) is 2.86. The number of carboxylic acid groups (broad SMARTS) is 1. The number of aromatic nitrogens is 1. The molecular formula is C14H13FN2O3. The van der Waals surface area contributed by atoms with Crippen molar-refractivity contribution in [1.29, 1.82) is 0 Å². The fourth-order valence-corrected chi connectivity index (χ4v) is 1.89. The van der Waals surface area contributed by atoms with Crippen LogP contribution in [0.25, 0.3) is 0 Å². The summed E-state index contributed by atoms with van der Waals surface area (Å²) in [5.41, 5.74) is 0.161. The van der Waals surface area contributed by atoms with E-state index >= 15 is 0 Å². The van der Waals surface area contributed by atoms with E-state index in [1.807, 2.05) is 6.92 Å². The highest BCUT2D eigenvalue weighted by molar-refractivity contribution is 6.07. The third-order valence-corrected chi connectivity index (χ3v) is 2.86. The molecule has 104 valence electrons. The number of hydrogen-bond donors (Lipinski definition) is 2. The molecule has 1 aromatic carbocycles. The van der Waals surface area contributed by atoms with Gasteiger partial charge < -0.3 is 15.0 Å². The van der Waals surface area contributed by atoms with Crippen LogP contribution < -0.4 is 5.32 Å². The highest BCUT2D eigenvalue weighted by Gasteiger charge is 2.16. The van der Waals surface area contributed by atoms with E-state index in [9.17, 15) is 14.0 Å². The van der Waals surface area contributed by atoms with Crippen molar-refractivity contribution < 1.29 is 19.1 Å². The molecule has 0 atom stereocenters. The first kappa shape index (κ1) is 13.8. The van der Waals surface area contributed by atoms with Crippen LogP contribution in [0.3, 0.4) is 0 Å². The van der Waals surface area contributed by atoms with Gasteiger partial charge in [0.05, 0.1) is 11.3 Å². The second kappa shape index (κ2) is 5.56. The van der Waals surface area contributed by atoms with Gasteiger partial charge in [-0.3, -0.25) is 4.79 Å². The third kappa shape index (κ3) is 2.69. The first-order valence-electron chi connectivity index (χ1n) is 6.02. The van der Waals surface area contributed by atoms with Crippen LogP contribution in [0, 0.1) is 5.82 Å². The van der Waals surface area contributed by atoms with Crippen molar-refractivity contribution in [2.24, 2.45) is 0 Å². The lowest BCUT2D eigenvalue weighted by molar-refractivity contribution is 0.0698. The van der Waals surface area contributed by atoms with Crippen molar-refractivity contribution in [3.05, 3.63) is 53.6 Å². The molecule has 0 aliphatic rings. The number of rotatable bonds is 4. The van der Waals surface area contributed by atoms with Gasteiger partial charge in [-0.25, -0.2) is 9.18 Å². The number of carboxylic acids is 1. The van der Waals surface area contributed by atoms with Crippen LogP contribution in [0.1, 0.15) is 27.8 Å². The summed E-state index contributed by atoms with van der Waals surface area (Å²) >= 11 is 0. The number of aromatic carboxylic acids is 1. The summed E-state index contributed by atoms with van der Waals surface area (Å²) in [6.45, 7) is 2.48. The standard InChI is InChI=1S/C14H13FN2O3/c1-2-17-7-3-4-12(17)13(18)16-11-8-9(15)5-6-10(11)14(19)20/h3-8H,2H2,1H3,(H,16,18)(H,19,20). The zero-order valence-corrected chi connectivity index (χ0v) is 10.8. The smallest absolute Gasteiger partial charge is 0.337 e. The summed E-state index contributed by atoms with van der Waals surface area (Å²) in [6.07, 6.45) is 1.73. The first-order chi connectivity index (χ1) is 9.52. The second-order valence-electron chi connectivity index (χ2n) is 4.13. The summed E-state index contributed by atoms with van der Waals surface area (Å²) < 4.78 is 14.9. The summed E-state index contributed by atoms with van der Waals surface area (Å²) in [7, 11) is 0. The molecule has 0 spiro atoms. The lowest BCUT2D eigenvalue weighted by Crippen LogP contribution is -2.18. The van der Waals surface area contributed by atoms with Gasteiger partial charge >= 0.3 is 5.97 Å². The number of carbonyl (C=O) groups is 2. The maximum atomic E-state index is 13.2. The number of amides is 1. The van der Waals surface area contributed by atoms with Crippen LogP contribution in [-0.4, -0.2) is 21.6 Å². The van der Waals surface area contributed by atoms with Crippen LogP contribution in [0.15, 0.2) is 36.5 Å². The quantitative estimate of drug-likeness (QED) is 0.901. The fourth-order valence-electron chi connectivity index (χ4n) is 1.89. The Kier molecular flexibility index (Phi) is 3.84. The summed E-state index contributed by atoms with van der Waals surface area (Å²) in [6, 6.07) is 6.46.